The average molecular weight is 370 g/mol. The second-order valence-electron chi connectivity index (χ2n) is 5.52. The van der Waals surface area contributed by atoms with E-state index in [0.29, 0.717) is 42.1 Å². The number of nitrogens with zero attached hydrogens (tertiary/aromatic N) is 4. The van der Waals surface area contributed by atoms with Crippen molar-refractivity contribution >= 4 is 23.1 Å². The average Bonchev–Trinajstić information content (AvgIpc) is 2.98. The lowest BCUT2D eigenvalue weighted by Gasteiger charge is -2.06. The van der Waals surface area contributed by atoms with Crippen LogP contribution in [0.15, 0.2) is 41.3 Å². The summed E-state index contributed by atoms with van der Waals surface area (Å²) in [5, 5.41) is 22.9. The highest BCUT2D eigenvalue weighted by Gasteiger charge is 2.16. The molecular weight excluding hydrogens is 354 g/mol. The van der Waals surface area contributed by atoms with Crippen molar-refractivity contribution in [3.63, 3.8) is 0 Å². The number of hydrogen-bond acceptors (Lipinski definition) is 6. The molecule has 0 radical (unpaired) electrons. The van der Waals surface area contributed by atoms with Gasteiger partial charge in [0.2, 0.25) is 0 Å². The lowest BCUT2D eigenvalue weighted by molar-refractivity contribution is 0.789. The lowest BCUT2D eigenvalue weighted by atomic mass is 10.1. The number of halogens is 1. The summed E-state index contributed by atoms with van der Waals surface area (Å²) >= 11 is 5.91. The Labute approximate surface area is 154 Å². The highest BCUT2D eigenvalue weighted by atomic mass is 35.5. The molecule has 2 heterocycles. The van der Waals surface area contributed by atoms with E-state index in [-0.39, 0.29) is 5.02 Å². The molecule has 1 aromatic carbocycles. The zero-order valence-corrected chi connectivity index (χ0v) is 14.5. The van der Waals surface area contributed by atoms with Gasteiger partial charge in [-0.25, -0.2) is 9.78 Å². The quantitative estimate of drug-likeness (QED) is 0.571. The van der Waals surface area contributed by atoms with Crippen molar-refractivity contribution in [2.75, 3.05) is 17.6 Å². The third-order valence-corrected chi connectivity index (χ3v) is 4.18. The number of anilines is 2. The maximum absolute atomic E-state index is 11.4. The second kappa shape index (κ2) is 7.72. The van der Waals surface area contributed by atoms with E-state index in [9.17, 15) is 10.1 Å². The van der Waals surface area contributed by atoms with Crippen molar-refractivity contribution in [3.05, 3.63) is 63.2 Å². The summed E-state index contributed by atoms with van der Waals surface area (Å²) in [6.45, 7) is 0.536. The highest BCUT2D eigenvalue weighted by Crippen LogP contribution is 2.21. The highest BCUT2D eigenvalue weighted by molar-refractivity contribution is 6.32. The van der Waals surface area contributed by atoms with Gasteiger partial charge in [-0.15, -0.1) is 0 Å². The molecule has 0 aliphatic rings. The third kappa shape index (κ3) is 3.53. The number of nitriles is 1. The number of benzene rings is 1. The molecule has 132 valence electrons. The Bertz CT molecular complexity index is 1000. The van der Waals surface area contributed by atoms with Gasteiger partial charge in [0.1, 0.15) is 22.5 Å². The first-order valence-electron chi connectivity index (χ1n) is 7.91. The molecule has 8 nitrogen and oxygen atoms in total. The smallest absolute Gasteiger partial charge is 0.285 e. The Morgan fingerprint density at radius 2 is 2.12 bits per heavy atom. The molecule has 0 aliphatic carbocycles. The predicted octanol–water partition coefficient (Wildman–Crippen LogP) is 2.11. The number of hydrogen-bond donors (Lipinski definition) is 3. The van der Waals surface area contributed by atoms with E-state index in [4.69, 9.17) is 17.3 Å². The van der Waals surface area contributed by atoms with Crippen LogP contribution in [0.1, 0.15) is 17.7 Å². The molecule has 0 bridgehead atoms. The van der Waals surface area contributed by atoms with E-state index >= 15 is 0 Å². The molecule has 0 saturated carbocycles. The van der Waals surface area contributed by atoms with Gasteiger partial charge in [-0.3, -0.25) is 4.79 Å². The number of nitrogen functional groups attached to an aromatic ring is 1. The van der Waals surface area contributed by atoms with E-state index in [2.05, 4.69) is 26.7 Å². The zero-order chi connectivity index (χ0) is 18.5. The molecule has 0 spiro atoms. The van der Waals surface area contributed by atoms with E-state index < -0.39 is 5.56 Å². The maximum Gasteiger partial charge on any atom is 0.285 e. The maximum atomic E-state index is 11.4. The van der Waals surface area contributed by atoms with Gasteiger partial charge in [-0.2, -0.15) is 15.5 Å². The zero-order valence-electron chi connectivity index (χ0n) is 13.7. The van der Waals surface area contributed by atoms with Gasteiger partial charge in [-0.1, -0.05) is 29.8 Å². The topological polar surface area (TPSA) is 125 Å². The van der Waals surface area contributed by atoms with Gasteiger partial charge in [0.15, 0.2) is 0 Å². The summed E-state index contributed by atoms with van der Waals surface area (Å²) in [5.41, 5.74) is 7.90. The molecule has 0 fully saturated rings. The van der Waals surface area contributed by atoms with Gasteiger partial charge in [0.25, 0.3) is 5.56 Å². The normalized spacial score (nSPS) is 10.5. The van der Waals surface area contributed by atoms with Crippen LogP contribution < -0.4 is 16.6 Å². The molecule has 4 N–H and O–H groups in total. The fourth-order valence-electron chi connectivity index (χ4n) is 2.53. The van der Waals surface area contributed by atoms with Crippen LogP contribution in [0, 0.1) is 11.3 Å². The number of H-pyrrole nitrogens is 1. The first-order valence-corrected chi connectivity index (χ1v) is 8.29. The van der Waals surface area contributed by atoms with Crippen LogP contribution in [-0.2, 0) is 6.42 Å². The molecule has 9 heteroatoms. The van der Waals surface area contributed by atoms with Crippen molar-refractivity contribution in [1.82, 2.24) is 20.0 Å². The van der Waals surface area contributed by atoms with Crippen LogP contribution in [0.3, 0.4) is 0 Å². The summed E-state index contributed by atoms with van der Waals surface area (Å²) < 4.78 is 1.57. The van der Waals surface area contributed by atoms with Crippen molar-refractivity contribution < 1.29 is 0 Å². The first kappa shape index (κ1) is 17.5. The summed E-state index contributed by atoms with van der Waals surface area (Å²) in [5.74, 6) is 0.323. The lowest BCUT2D eigenvalue weighted by Crippen LogP contribution is -2.13. The second-order valence-corrected chi connectivity index (χ2v) is 5.90. The minimum Gasteiger partial charge on any atom is -0.382 e. The Morgan fingerprint density at radius 1 is 1.35 bits per heavy atom. The molecular formula is C17H16ClN7O. The molecule has 3 rings (SSSR count). The summed E-state index contributed by atoms with van der Waals surface area (Å²) in [7, 11) is 0. The number of aromatic amines is 1. The van der Waals surface area contributed by atoms with Crippen LogP contribution in [0.25, 0.3) is 5.69 Å². The summed E-state index contributed by atoms with van der Waals surface area (Å²) in [6.07, 6.45) is 2.67. The van der Waals surface area contributed by atoms with Crippen molar-refractivity contribution in [2.45, 2.75) is 12.8 Å². The Balaban J connectivity index is 1.69. The van der Waals surface area contributed by atoms with Gasteiger partial charge in [-0.05, 0) is 25.0 Å². The standard InChI is InChI=1S/C17H16ClN7O/c18-15-14(10-22-23-17(15)26)21-8-4-7-13-12(9-19)16(20)25(24-13)11-5-2-1-3-6-11/h1-3,5-6,10H,4,7-8,20H2,(H2,21,23,26). The third-order valence-electron chi connectivity index (χ3n) is 3.81. The number of aromatic nitrogens is 4. The van der Waals surface area contributed by atoms with E-state index in [0.717, 1.165) is 5.69 Å². The number of nitrogens with one attached hydrogen (secondary N) is 2. The SMILES string of the molecule is N#Cc1c(CCCNc2cn[nH]c(=O)c2Cl)nn(-c2ccccc2)c1N. The number of aryl methyl sites for hydroxylation is 1. The Hall–Kier alpha value is -3.31. The van der Waals surface area contributed by atoms with Crippen LogP contribution in [0.4, 0.5) is 11.5 Å². The molecule has 3 aromatic rings. The molecule has 2 aromatic heterocycles. The first-order chi connectivity index (χ1) is 12.6. The summed E-state index contributed by atoms with van der Waals surface area (Å²) in [4.78, 5) is 11.4. The van der Waals surface area contributed by atoms with Gasteiger partial charge in [0.05, 0.1) is 23.3 Å². The van der Waals surface area contributed by atoms with E-state index in [1.165, 1.54) is 6.20 Å². The monoisotopic (exact) mass is 369 g/mol. The minimum atomic E-state index is -0.446. The van der Waals surface area contributed by atoms with Crippen LogP contribution in [0.5, 0.6) is 0 Å². The van der Waals surface area contributed by atoms with Crippen molar-refractivity contribution in [1.29, 1.82) is 5.26 Å². The molecule has 0 amide bonds. The largest absolute Gasteiger partial charge is 0.382 e. The van der Waals surface area contributed by atoms with E-state index in [1.807, 2.05) is 30.3 Å². The molecule has 0 aliphatic heterocycles. The molecule has 0 saturated heterocycles. The van der Waals surface area contributed by atoms with Gasteiger partial charge >= 0.3 is 0 Å². The molecule has 26 heavy (non-hydrogen) atoms. The molecule has 0 atom stereocenters. The number of para-hydroxylation sites is 1. The minimum absolute atomic E-state index is 0.0651. The summed E-state index contributed by atoms with van der Waals surface area (Å²) in [6, 6.07) is 11.5. The van der Waals surface area contributed by atoms with Crippen LogP contribution in [0.2, 0.25) is 5.02 Å². The number of rotatable bonds is 6. The molecule has 0 unspecified atom stereocenters. The van der Waals surface area contributed by atoms with Crippen molar-refractivity contribution in [2.24, 2.45) is 0 Å². The number of nitrogens with two attached hydrogens (primary N) is 1. The Kier molecular flexibility index (Phi) is 5.20. The fraction of sp³-hybridized carbons (Fsp3) is 0.176. The van der Waals surface area contributed by atoms with Crippen molar-refractivity contribution in [3.8, 4) is 11.8 Å². The fourth-order valence-corrected chi connectivity index (χ4v) is 2.68. The van der Waals surface area contributed by atoms with Gasteiger partial charge < -0.3 is 11.1 Å². The predicted molar refractivity (Wildman–Crippen MR) is 99.4 cm³/mol. The van der Waals surface area contributed by atoms with E-state index in [1.54, 1.807) is 4.68 Å². The Morgan fingerprint density at radius 3 is 2.85 bits per heavy atom. The van der Waals surface area contributed by atoms with Crippen LogP contribution in [-0.4, -0.2) is 26.5 Å². The van der Waals surface area contributed by atoms with Gasteiger partial charge in [0, 0.05) is 6.54 Å². The van der Waals surface area contributed by atoms with Crippen LogP contribution >= 0.6 is 11.6 Å².